The predicted molar refractivity (Wildman–Crippen MR) is 81.7 cm³/mol. The molecule has 0 unspecified atom stereocenters. The minimum absolute atomic E-state index is 0.194. The topological polar surface area (TPSA) is 84.0 Å². The number of aromatic amines is 1. The average molecular weight is 289 g/mol. The van der Waals surface area contributed by atoms with Crippen LogP contribution in [0, 0.1) is 5.92 Å². The van der Waals surface area contributed by atoms with E-state index in [0.717, 1.165) is 0 Å². The van der Waals surface area contributed by atoms with Crippen LogP contribution in [0.3, 0.4) is 0 Å². The fourth-order valence-electron chi connectivity index (χ4n) is 2.13. The second-order valence-electron chi connectivity index (χ2n) is 5.34. The highest BCUT2D eigenvalue weighted by molar-refractivity contribution is 5.97. The maximum Gasteiger partial charge on any atom is 0.316 e. The molecule has 0 radical (unpaired) electrons. The number of nitrogens with zero attached hydrogens (tertiary/aromatic N) is 1. The van der Waals surface area contributed by atoms with Crippen molar-refractivity contribution in [3.8, 4) is 0 Å². The molecule has 1 aromatic heterocycles. The summed E-state index contributed by atoms with van der Waals surface area (Å²) < 4.78 is 1.39. The second kappa shape index (κ2) is 5.95. The van der Waals surface area contributed by atoms with Crippen LogP contribution >= 0.6 is 0 Å². The molecular formula is C15H19N3O3. The van der Waals surface area contributed by atoms with E-state index in [4.69, 9.17) is 0 Å². The van der Waals surface area contributed by atoms with Crippen LogP contribution in [-0.2, 0) is 6.54 Å². The summed E-state index contributed by atoms with van der Waals surface area (Å²) in [6.45, 7) is 6.81. The molecule has 2 rings (SSSR count). The summed E-state index contributed by atoms with van der Waals surface area (Å²) in [6.07, 6.45) is 0. The van der Waals surface area contributed by atoms with Crippen LogP contribution in [0.15, 0.2) is 27.8 Å². The van der Waals surface area contributed by atoms with Crippen molar-refractivity contribution in [3.05, 3.63) is 44.5 Å². The fourth-order valence-corrected chi connectivity index (χ4v) is 2.13. The molecule has 0 aliphatic heterocycles. The van der Waals surface area contributed by atoms with Crippen LogP contribution in [0.2, 0.25) is 0 Å². The zero-order valence-corrected chi connectivity index (χ0v) is 12.4. The van der Waals surface area contributed by atoms with E-state index in [1.165, 1.54) is 4.57 Å². The van der Waals surface area contributed by atoms with Gasteiger partial charge in [0.25, 0.3) is 5.91 Å². The van der Waals surface area contributed by atoms with Crippen molar-refractivity contribution in [1.82, 2.24) is 14.9 Å². The number of fused-ring (bicyclic) bond motifs is 1. The summed E-state index contributed by atoms with van der Waals surface area (Å²) in [5.74, 6) is 0.167. The Morgan fingerprint density at radius 1 is 1.33 bits per heavy atom. The number of hydrogen-bond donors (Lipinski definition) is 2. The average Bonchev–Trinajstić information content (AvgIpc) is 2.45. The number of benzene rings is 1. The molecule has 0 aliphatic rings. The molecule has 6 heteroatoms. The molecule has 112 valence electrons. The van der Waals surface area contributed by atoms with E-state index in [1.54, 1.807) is 25.1 Å². The lowest BCUT2D eigenvalue weighted by molar-refractivity contribution is 0.0949. The maximum absolute atomic E-state index is 12.0. The Morgan fingerprint density at radius 2 is 2.05 bits per heavy atom. The molecule has 6 nitrogen and oxygen atoms in total. The van der Waals surface area contributed by atoms with Gasteiger partial charge in [0.05, 0.1) is 11.0 Å². The molecule has 0 spiro atoms. The Labute approximate surface area is 121 Å². The van der Waals surface area contributed by atoms with E-state index in [2.05, 4.69) is 10.3 Å². The lowest BCUT2D eigenvalue weighted by Crippen LogP contribution is -2.36. The van der Waals surface area contributed by atoms with Gasteiger partial charge >= 0.3 is 11.1 Å². The number of aromatic nitrogens is 2. The van der Waals surface area contributed by atoms with Crippen LogP contribution < -0.4 is 16.4 Å². The number of hydrogen-bond acceptors (Lipinski definition) is 3. The Morgan fingerprint density at radius 3 is 2.67 bits per heavy atom. The Bertz CT molecular complexity index is 787. The van der Waals surface area contributed by atoms with E-state index in [1.807, 2.05) is 13.8 Å². The van der Waals surface area contributed by atoms with E-state index in [0.29, 0.717) is 35.6 Å². The molecule has 2 N–H and O–H groups in total. The lowest BCUT2D eigenvalue weighted by Gasteiger charge is -2.10. The zero-order valence-electron chi connectivity index (χ0n) is 12.4. The molecule has 1 aromatic carbocycles. The van der Waals surface area contributed by atoms with Gasteiger partial charge in [-0.25, -0.2) is 0 Å². The first-order valence-electron chi connectivity index (χ1n) is 6.99. The van der Waals surface area contributed by atoms with E-state index < -0.39 is 11.1 Å². The van der Waals surface area contributed by atoms with E-state index in [9.17, 15) is 14.4 Å². The van der Waals surface area contributed by atoms with Crippen molar-refractivity contribution in [3.63, 3.8) is 0 Å². The summed E-state index contributed by atoms with van der Waals surface area (Å²) in [7, 11) is 0. The van der Waals surface area contributed by atoms with Gasteiger partial charge in [-0.1, -0.05) is 13.8 Å². The fraction of sp³-hybridized carbons (Fsp3) is 0.400. The van der Waals surface area contributed by atoms with Gasteiger partial charge < -0.3 is 14.9 Å². The molecule has 1 amide bonds. The maximum atomic E-state index is 12.0. The number of H-pyrrole nitrogens is 1. The van der Waals surface area contributed by atoms with E-state index in [-0.39, 0.29) is 5.91 Å². The Hall–Kier alpha value is -2.37. The molecule has 0 aliphatic carbocycles. The van der Waals surface area contributed by atoms with Crippen LogP contribution in [0.1, 0.15) is 31.1 Å². The molecule has 2 aromatic rings. The number of carbonyl (C=O) groups is 1. The molecule has 1 heterocycles. The highest BCUT2D eigenvalue weighted by atomic mass is 16.2. The second-order valence-corrected chi connectivity index (χ2v) is 5.34. The summed E-state index contributed by atoms with van der Waals surface area (Å²) in [5.41, 5.74) is 0.298. The van der Waals surface area contributed by atoms with Gasteiger partial charge in [0.1, 0.15) is 0 Å². The quantitative estimate of drug-likeness (QED) is 0.827. The predicted octanol–water partition coefficient (Wildman–Crippen LogP) is 1.10. The van der Waals surface area contributed by atoms with Gasteiger partial charge in [0.15, 0.2) is 0 Å². The third-order valence-electron chi connectivity index (χ3n) is 3.22. The van der Waals surface area contributed by atoms with Crippen molar-refractivity contribution in [2.24, 2.45) is 5.92 Å². The summed E-state index contributed by atoms with van der Waals surface area (Å²) in [4.78, 5) is 37.9. The van der Waals surface area contributed by atoms with E-state index >= 15 is 0 Å². The van der Waals surface area contributed by atoms with Crippen molar-refractivity contribution >= 4 is 16.9 Å². The van der Waals surface area contributed by atoms with Gasteiger partial charge in [-0.15, -0.1) is 0 Å². The van der Waals surface area contributed by atoms with Crippen LogP contribution in [0.25, 0.3) is 11.0 Å². The largest absolute Gasteiger partial charge is 0.352 e. The van der Waals surface area contributed by atoms with Crippen molar-refractivity contribution in [1.29, 1.82) is 0 Å². The first-order valence-corrected chi connectivity index (χ1v) is 6.99. The molecule has 21 heavy (non-hydrogen) atoms. The van der Waals surface area contributed by atoms with Gasteiger partial charge in [0, 0.05) is 18.7 Å². The monoisotopic (exact) mass is 289 g/mol. The zero-order chi connectivity index (χ0) is 15.6. The normalized spacial score (nSPS) is 11.0. The first kappa shape index (κ1) is 15.0. The van der Waals surface area contributed by atoms with Crippen molar-refractivity contribution in [2.45, 2.75) is 27.3 Å². The third kappa shape index (κ3) is 3.04. The smallest absolute Gasteiger partial charge is 0.316 e. The Balaban J connectivity index is 2.48. The molecule has 0 atom stereocenters. The SMILES string of the molecule is CCn1c(=O)c(=O)[nH]c2cc(C(=O)NCC(C)C)ccc21. The van der Waals surface area contributed by atoms with Crippen LogP contribution in [0.4, 0.5) is 0 Å². The summed E-state index contributed by atoms with van der Waals surface area (Å²) in [6, 6.07) is 4.93. The number of carbonyl (C=O) groups excluding carboxylic acids is 1. The molecule has 0 fully saturated rings. The minimum Gasteiger partial charge on any atom is -0.352 e. The molecule has 0 saturated heterocycles. The third-order valence-corrected chi connectivity index (χ3v) is 3.22. The number of nitrogens with one attached hydrogen (secondary N) is 2. The first-order chi connectivity index (χ1) is 9.93. The highest BCUT2D eigenvalue weighted by Crippen LogP contribution is 2.11. The minimum atomic E-state index is -0.677. The summed E-state index contributed by atoms with van der Waals surface area (Å²) in [5, 5.41) is 2.82. The van der Waals surface area contributed by atoms with Crippen LogP contribution in [-0.4, -0.2) is 22.0 Å². The Kier molecular flexibility index (Phi) is 4.26. The number of rotatable bonds is 4. The standard InChI is InChI=1S/C15H19N3O3/c1-4-18-12-6-5-10(13(19)16-8-9(2)3)7-11(12)17-14(20)15(18)21/h5-7,9H,4,8H2,1-3H3,(H,16,19)(H,17,20). The van der Waals surface area contributed by atoms with Gasteiger partial charge in [-0.05, 0) is 31.0 Å². The summed E-state index contributed by atoms with van der Waals surface area (Å²) >= 11 is 0. The number of amides is 1. The van der Waals surface area contributed by atoms with Gasteiger partial charge in [-0.3, -0.25) is 14.4 Å². The number of aryl methyl sites for hydroxylation is 1. The molecular weight excluding hydrogens is 270 g/mol. The van der Waals surface area contributed by atoms with Crippen molar-refractivity contribution < 1.29 is 4.79 Å². The van der Waals surface area contributed by atoms with Gasteiger partial charge in [-0.2, -0.15) is 0 Å². The van der Waals surface area contributed by atoms with Crippen LogP contribution in [0.5, 0.6) is 0 Å². The van der Waals surface area contributed by atoms with Crippen molar-refractivity contribution in [2.75, 3.05) is 6.54 Å². The molecule has 0 saturated carbocycles. The lowest BCUT2D eigenvalue weighted by atomic mass is 10.1. The van der Waals surface area contributed by atoms with Gasteiger partial charge in [0.2, 0.25) is 0 Å². The highest BCUT2D eigenvalue weighted by Gasteiger charge is 2.10. The molecule has 0 bridgehead atoms.